The summed E-state index contributed by atoms with van der Waals surface area (Å²) < 4.78 is 10.3. The van der Waals surface area contributed by atoms with Crippen LogP contribution in [0.1, 0.15) is 5.56 Å². The highest BCUT2D eigenvalue weighted by molar-refractivity contribution is 7.80. The van der Waals surface area contributed by atoms with Crippen LogP contribution in [0.4, 0.5) is 0 Å². The fraction of sp³-hybridized carbons (Fsp3) is 0.200. The highest BCUT2D eigenvalue weighted by Crippen LogP contribution is 2.32. The van der Waals surface area contributed by atoms with Gasteiger partial charge in [-0.25, -0.2) is 0 Å². The summed E-state index contributed by atoms with van der Waals surface area (Å²) >= 11 is 4.22. The van der Waals surface area contributed by atoms with Crippen LogP contribution in [-0.4, -0.2) is 14.2 Å². The summed E-state index contributed by atoms with van der Waals surface area (Å²) in [4.78, 5) is 0.805. The van der Waals surface area contributed by atoms with Crippen LogP contribution in [0, 0.1) is 0 Å². The molecule has 0 saturated carbocycles. The van der Waals surface area contributed by atoms with E-state index < -0.39 is 0 Å². The third kappa shape index (κ3) is 1.98. The lowest BCUT2D eigenvalue weighted by molar-refractivity contribution is 0.390. The van der Waals surface area contributed by atoms with Crippen molar-refractivity contribution in [3.63, 3.8) is 0 Å². The van der Waals surface area contributed by atoms with Crippen molar-refractivity contribution in [3.8, 4) is 11.5 Å². The molecule has 0 unspecified atom stereocenters. The average Bonchev–Trinajstić information content (AvgIpc) is 2.16. The van der Waals surface area contributed by atoms with E-state index in [9.17, 15) is 0 Å². The zero-order valence-electron chi connectivity index (χ0n) is 7.70. The normalized spacial score (nSPS) is 9.46. The molecule has 0 bridgehead atoms. The van der Waals surface area contributed by atoms with Crippen molar-refractivity contribution < 1.29 is 9.47 Å². The lowest BCUT2D eigenvalue weighted by Gasteiger charge is -2.10. The van der Waals surface area contributed by atoms with Crippen LogP contribution in [-0.2, 0) is 0 Å². The highest BCUT2D eigenvalue weighted by Gasteiger charge is 2.07. The van der Waals surface area contributed by atoms with E-state index in [4.69, 9.17) is 9.47 Å². The predicted molar refractivity (Wildman–Crippen MR) is 56.9 cm³/mol. The van der Waals surface area contributed by atoms with Crippen LogP contribution in [0.5, 0.6) is 11.5 Å². The Morgan fingerprint density at radius 1 is 1.23 bits per heavy atom. The van der Waals surface area contributed by atoms with E-state index in [0.717, 1.165) is 22.0 Å². The third-order valence-corrected chi connectivity index (χ3v) is 1.99. The molecule has 0 radical (unpaired) electrons. The minimum atomic E-state index is 0.722. The molecule has 0 amide bonds. The maximum absolute atomic E-state index is 5.16. The van der Waals surface area contributed by atoms with Gasteiger partial charge >= 0.3 is 0 Å². The van der Waals surface area contributed by atoms with Gasteiger partial charge in [-0.15, -0.1) is 12.6 Å². The third-order valence-electron chi connectivity index (χ3n) is 1.73. The first-order valence-electron chi connectivity index (χ1n) is 3.80. The summed E-state index contributed by atoms with van der Waals surface area (Å²) in [6.07, 6.45) is 1.70. The molecule has 2 nitrogen and oxygen atoms in total. The van der Waals surface area contributed by atoms with Gasteiger partial charge in [0, 0.05) is 4.90 Å². The summed E-state index contributed by atoms with van der Waals surface area (Å²) in [6.45, 7) is 3.69. The van der Waals surface area contributed by atoms with Crippen LogP contribution < -0.4 is 9.47 Å². The van der Waals surface area contributed by atoms with E-state index >= 15 is 0 Å². The van der Waals surface area contributed by atoms with Gasteiger partial charge in [-0.3, -0.25) is 0 Å². The van der Waals surface area contributed by atoms with E-state index in [1.807, 2.05) is 12.1 Å². The molecule has 0 fully saturated rings. The Bertz CT molecular complexity index is 296. The molecule has 3 heteroatoms. The van der Waals surface area contributed by atoms with Gasteiger partial charge < -0.3 is 9.47 Å². The zero-order chi connectivity index (χ0) is 9.84. The predicted octanol–water partition coefficient (Wildman–Crippen LogP) is 2.64. The Balaban J connectivity index is 3.33. The maximum Gasteiger partial charge on any atom is 0.130 e. The Kier molecular flexibility index (Phi) is 3.25. The van der Waals surface area contributed by atoms with Crippen molar-refractivity contribution in [3.05, 3.63) is 24.3 Å². The van der Waals surface area contributed by atoms with Gasteiger partial charge in [0.25, 0.3) is 0 Å². The molecule has 0 aromatic heterocycles. The summed E-state index contributed by atoms with van der Waals surface area (Å²) in [5.74, 6) is 1.44. The lowest BCUT2D eigenvalue weighted by Crippen LogP contribution is -1.92. The molecule has 0 saturated heterocycles. The molecular weight excluding hydrogens is 184 g/mol. The average molecular weight is 196 g/mol. The number of hydrogen-bond donors (Lipinski definition) is 1. The minimum Gasteiger partial charge on any atom is -0.496 e. The van der Waals surface area contributed by atoms with Crippen molar-refractivity contribution in [2.75, 3.05) is 14.2 Å². The summed E-state index contributed by atoms with van der Waals surface area (Å²) in [5, 5.41) is 0. The largest absolute Gasteiger partial charge is 0.496 e. The van der Waals surface area contributed by atoms with Gasteiger partial charge in [0.05, 0.1) is 19.8 Å². The molecule has 13 heavy (non-hydrogen) atoms. The summed E-state index contributed by atoms with van der Waals surface area (Å²) in [5.41, 5.74) is 0.850. The fourth-order valence-corrected chi connectivity index (χ4v) is 1.36. The lowest BCUT2D eigenvalue weighted by atomic mass is 10.2. The minimum absolute atomic E-state index is 0.722. The Morgan fingerprint density at radius 3 is 2.00 bits per heavy atom. The van der Waals surface area contributed by atoms with Crippen molar-refractivity contribution in [2.24, 2.45) is 0 Å². The first kappa shape index (κ1) is 9.99. The van der Waals surface area contributed by atoms with Gasteiger partial charge in [-0.05, 0) is 12.1 Å². The molecule has 70 valence electrons. The van der Waals surface area contributed by atoms with Crippen LogP contribution in [0.2, 0.25) is 0 Å². The molecule has 0 heterocycles. The molecule has 0 aliphatic carbocycles. The first-order valence-corrected chi connectivity index (χ1v) is 4.25. The molecular formula is C10H12O2S. The first-order chi connectivity index (χ1) is 6.22. The van der Waals surface area contributed by atoms with Crippen LogP contribution in [0.3, 0.4) is 0 Å². The topological polar surface area (TPSA) is 18.5 Å². The monoisotopic (exact) mass is 196 g/mol. The quantitative estimate of drug-likeness (QED) is 0.749. The Morgan fingerprint density at radius 2 is 1.69 bits per heavy atom. The van der Waals surface area contributed by atoms with E-state index in [-0.39, 0.29) is 0 Å². The van der Waals surface area contributed by atoms with Crippen LogP contribution in [0.15, 0.2) is 23.6 Å². The van der Waals surface area contributed by atoms with Gasteiger partial charge in [0.1, 0.15) is 11.5 Å². The summed E-state index contributed by atoms with van der Waals surface area (Å²) in [6, 6.07) is 3.64. The fourth-order valence-electron chi connectivity index (χ4n) is 1.13. The van der Waals surface area contributed by atoms with Gasteiger partial charge in [-0.1, -0.05) is 12.7 Å². The number of methoxy groups -OCH3 is 2. The number of hydrogen-bond acceptors (Lipinski definition) is 3. The highest BCUT2D eigenvalue weighted by atomic mass is 32.1. The van der Waals surface area contributed by atoms with Crippen LogP contribution in [0.25, 0.3) is 6.08 Å². The smallest absolute Gasteiger partial charge is 0.130 e. The van der Waals surface area contributed by atoms with Crippen molar-refractivity contribution in [1.82, 2.24) is 0 Å². The molecule has 1 rings (SSSR count). The second-order valence-corrected chi connectivity index (χ2v) is 2.98. The van der Waals surface area contributed by atoms with Crippen molar-refractivity contribution in [1.29, 1.82) is 0 Å². The van der Waals surface area contributed by atoms with Crippen LogP contribution >= 0.6 is 12.6 Å². The maximum atomic E-state index is 5.16. The van der Waals surface area contributed by atoms with Gasteiger partial charge in [-0.2, -0.15) is 0 Å². The number of ether oxygens (including phenoxy) is 2. The van der Waals surface area contributed by atoms with Gasteiger partial charge in [0.2, 0.25) is 0 Å². The van der Waals surface area contributed by atoms with E-state index in [2.05, 4.69) is 19.2 Å². The number of benzene rings is 1. The second-order valence-electron chi connectivity index (χ2n) is 2.47. The summed E-state index contributed by atoms with van der Waals surface area (Å²) in [7, 11) is 3.21. The molecule has 1 aromatic carbocycles. The molecule has 0 aliphatic rings. The number of rotatable bonds is 3. The van der Waals surface area contributed by atoms with Gasteiger partial charge in [0.15, 0.2) is 0 Å². The molecule has 0 aliphatic heterocycles. The van der Waals surface area contributed by atoms with Crippen molar-refractivity contribution >= 4 is 18.7 Å². The Hall–Kier alpha value is -1.09. The Labute approximate surface area is 83.6 Å². The van der Waals surface area contributed by atoms with E-state index in [0.29, 0.717) is 0 Å². The molecule has 0 atom stereocenters. The SMILES string of the molecule is C=Cc1c(OC)cc(S)cc1OC. The molecule has 0 spiro atoms. The van der Waals surface area contributed by atoms with Crippen molar-refractivity contribution in [2.45, 2.75) is 4.90 Å². The number of thiol groups is 1. The van der Waals surface area contributed by atoms with E-state index in [1.165, 1.54) is 0 Å². The molecule has 1 aromatic rings. The standard InChI is InChI=1S/C10H12O2S/c1-4-8-9(11-2)5-7(13)6-10(8)12-3/h4-6,13H,1H2,2-3H3. The zero-order valence-corrected chi connectivity index (χ0v) is 8.60. The molecule has 0 N–H and O–H groups in total. The second kappa shape index (κ2) is 4.23. The van der Waals surface area contributed by atoms with E-state index in [1.54, 1.807) is 20.3 Å².